The summed E-state index contributed by atoms with van der Waals surface area (Å²) in [4.78, 5) is 18.5. The molecule has 0 radical (unpaired) electrons. The Kier molecular flexibility index (Phi) is 10.9. The van der Waals surface area contributed by atoms with Crippen LogP contribution >= 0.6 is 11.8 Å². The van der Waals surface area contributed by atoms with Crippen molar-refractivity contribution in [3.8, 4) is 5.75 Å². The summed E-state index contributed by atoms with van der Waals surface area (Å²) in [6.45, 7) is 2.84. The zero-order valence-corrected chi connectivity index (χ0v) is 23.1. The molecule has 5 nitrogen and oxygen atoms in total. The lowest BCUT2D eigenvalue weighted by Gasteiger charge is -2.38. The lowest BCUT2D eigenvalue weighted by atomic mass is 9.79. The number of hydrogen-bond donors (Lipinski definition) is 1. The molecule has 0 bridgehead atoms. The van der Waals surface area contributed by atoms with Crippen molar-refractivity contribution in [1.29, 1.82) is 0 Å². The van der Waals surface area contributed by atoms with E-state index >= 15 is 4.39 Å². The summed E-state index contributed by atoms with van der Waals surface area (Å²) in [7, 11) is 1.61. The number of hydrogen-bond acceptors (Lipinski definition) is 5. The molecule has 2 aliphatic rings. The SMILES string of the molecule is COc1ccc2nccc(C(F)CC[C@@H]3CCN(CCCSC4CCCCCC4)C[C@@H]3CC(=O)O)c2c1. The van der Waals surface area contributed by atoms with Crippen molar-refractivity contribution in [2.24, 2.45) is 11.8 Å². The van der Waals surface area contributed by atoms with Crippen LogP contribution in [0.5, 0.6) is 5.75 Å². The third kappa shape index (κ3) is 8.31. The van der Waals surface area contributed by atoms with Crippen molar-refractivity contribution in [1.82, 2.24) is 9.88 Å². The number of nitrogens with zero attached hydrogens (tertiary/aromatic N) is 2. The molecule has 2 heterocycles. The standard InChI is InChI=1S/C30H43FN2O3S/c1-36-24-10-12-29-27(20-24)26(13-15-32-29)28(31)11-9-22-14-17-33(21-23(22)19-30(34)35)16-6-18-37-25-7-4-2-3-5-8-25/h10,12-13,15,20,22-23,25,28H,2-9,11,14,16-19,21H2,1H3,(H,34,35)/t22-,23+,28?/m1/s1. The second kappa shape index (κ2) is 14.3. The van der Waals surface area contributed by atoms with Crippen molar-refractivity contribution in [3.63, 3.8) is 0 Å². The van der Waals surface area contributed by atoms with Crippen LogP contribution in [0.25, 0.3) is 10.9 Å². The van der Waals surface area contributed by atoms with Gasteiger partial charge in [0.15, 0.2) is 0 Å². The van der Waals surface area contributed by atoms with Crippen molar-refractivity contribution in [2.45, 2.75) is 82.1 Å². The van der Waals surface area contributed by atoms with Gasteiger partial charge in [-0.3, -0.25) is 9.78 Å². The average molecular weight is 531 g/mol. The summed E-state index contributed by atoms with van der Waals surface area (Å²) >= 11 is 2.15. The van der Waals surface area contributed by atoms with E-state index in [0.717, 1.165) is 48.6 Å². The fraction of sp³-hybridized carbons (Fsp3) is 0.667. The monoisotopic (exact) mass is 530 g/mol. The second-order valence-corrected chi connectivity index (χ2v) is 12.3. The largest absolute Gasteiger partial charge is 0.497 e. The number of ether oxygens (including phenoxy) is 1. The van der Waals surface area contributed by atoms with Crippen LogP contribution in [0, 0.1) is 11.8 Å². The van der Waals surface area contributed by atoms with E-state index < -0.39 is 12.1 Å². The number of likely N-dealkylation sites (tertiary alicyclic amines) is 1. The van der Waals surface area contributed by atoms with Gasteiger partial charge in [0, 0.05) is 29.8 Å². The third-order valence-corrected chi connectivity index (χ3v) is 9.76. The number of rotatable bonds is 12. The number of aromatic nitrogens is 1. The number of benzene rings is 1. The van der Waals surface area contributed by atoms with Crippen LogP contribution in [0.2, 0.25) is 0 Å². The van der Waals surface area contributed by atoms with Crippen LogP contribution in [0.3, 0.4) is 0 Å². The van der Waals surface area contributed by atoms with Gasteiger partial charge in [-0.1, -0.05) is 25.7 Å². The van der Waals surface area contributed by atoms with E-state index in [1.165, 1.54) is 44.3 Å². The molecular formula is C30H43FN2O3S. The molecule has 4 rings (SSSR count). The van der Waals surface area contributed by atoms with Crippen LogP contribution in [0.1, 0.15) is 82.4 Å². The molecule has 1 saturated carbocycles. The van der Waals surface area contributed by atoms with Crippen LogP contribution in [0.15, 0.2) is 30.5 Å². The zero-order chi connectivity index (χ0) is 26.0. The van der Waals surface area contributed by atoms with Crippen LogP contribution < -0.4 is 4.74 Å². The van der Waals surface area contributed by atoms with Gasteiger partial charge in [-0.05, 0) is 99.0 Å². The maximum absolute atomic E-state index is 15.5. The number of thioether (sulfide) groups is 1. The van der Waals surface area contributed by atoms with Gasteiger partial charge in [-0.25, -0.2) is 4.39 Å². The minimum Gasteiger partial charge on any atom is -0.497 e. The maximum atomic E-state index is 15.5. The summed E-state index contributed by atoms with van der Waals surface area (Å²) in [5, 5.41) is 11.2. The number of halogens is 1. The minimum absolute atomic E-state index is 0.0854. The first-order valence-electron chi connectivity index (χ1n) is 14.2. The number of alkyl halides is 1. The zero-order valence-electron chi connectivity index (χ0n) is 22.2. The molecule has 1 aromatic heterocycles. The fourth-order valence-corrected chi connectivity index (χ4v) is 7.50. The molecule has 2 fully saturated rings. The maximum Gasteiger partial charge on any atom is 0.303 e. The van der Waals surface area contributed by atoms with E-state index in [0.29, 0.717) is 24.2 Å². The molecule has 37 heavy (non-hydrogen) atoms. The topological polar surface area (TPSA) is 62.7 Å². The average Bonchev–Trinajstić information content (AvgIpc) is 3.18. The van der Waals surface area contributed by atoms with E-state index in [9.17, 15) is 9.90 Å². The normalized spacial score (nSPS) is 22.5. The Labute approximate surface area is 225 Å². The van der Waals surface area contributed by atoms with E-state index in [1.807, 2.05) is 18.2 Å². The smallest absolute Gasteiger partial charge is 0.303 e. The lowest BCUT2D eigenvalue weighted by molar-refractivity contribution is -0.139. The first-order valence-corrected chi connectivity index (χ1v) is 15.2. The third-order valence-electron chi connectivity index (χ3n) is 8.30. The summed E-state index contributed by atoms with van der Waals surface area (Å²) in [6.07, 6.45) is 12.2. The highest BCUT2D eigenvalue weighted by molar-refractivity contribution is 7.99. The van der Waals surface area contributed by atoms with Gasteiger partial charge in [0.1, 0.15) is 11.9 Å². The number of carbonyl (C=O) groups is 1. The molecular weight excluding hydrogens is 487 g/mol. The molecule has 0 amide bonds. The molecule has 204 valence electrons. The Bertz CT molecular complexity index is 998. The molecule has 1 aliphatic carbocycles. The summed E-state index contributed by atoms with van der Waals surface area (Å²) in [5.74, 6) is 1.47. The highest BCUT2D eigenvalue weighted by Crippen LogP contribution is 2.36. The molecule has 1 aliphatic heterocycles. The number of fused-ring (bicyclic) bond motifs is 1. The van der Waals surface area contributed by atoms with Gasteiger partial charge in [0.25, 0.3) is 0 Å². The summed E-state index contributed by atoms with van der Waals surface area (Å²) in [5.41, 5.74) is 1.40. The molecule has 0 spiro atoms. The van der Waals surface area contributed by atoms with E-state index in [1.54, 1.807) is 19.4 Å². The molecule has 2 aromatic rings. The molecule has 7 heteroatoms. The fourth-order valence-electron chi connectivity index (χ4n) is 6.20. The number of piperidine rings is 1. The Morgan fingerprint density at radius 3 is 2.76 bits per heavy atom. The van der Waals surface area contributed by atoms with Crippen molar-refractivity contribution < 1.29 is 19.0 Å². The number of methoxy groups -OCH3 is 1. The predicted molar refractivity (Wildman–Crippen MR) is 150 cm³/mol. The van der Waals surface area contributed by atoms with Crippen LogP contribution in [-0.2, 0) is 4.79 Å². The van der Waals surface area contributed by atoms with Crippen LogP contribution in [-0.4, -0.2) is 58.7 Å². The highest BCUT2D eigenvalue weighted by atomic mass is 32.2. The van der Waals surface area contributed by atoms with Gasteiger partial charge in [-0.15, -0.1) is 0 Å². The van der Waals surface area contributed by atoms with Gasteiger partial charge < -0.3 is 14.7 Å². The van der Waals surface area contributed by atoms with Gasteiger partial charge >= 0.3 is 5.97 Å². The van der Waals surface area contributed by atoms with E-state index in [-0.39, 0.29) is 18.3 Å². The van der Waals surface area contributed by atoms with Gasteiger partial charge in [0.05, 0.1) is 12.6 Å². The number of carboxylic acids is 1. The molecule has 1 saturated heterocycles. The Morgan fingerprint density at radius 2 is 2.00 bits per heavy atom. The Balaban J connectivity index is 1.28. The summed E-state index contributed by atoms with van der Waals surface area (Å²) < 4.78 is 20.8. The van der Waals surface area contributed by atoms with Crippen molar-refractivity contribution in [3.05, 3.63) is 36.0 Å². The quantitative estimate of drug-likeness (QED) is 0.230. The molecule has 1 unspecified atom stereocenters. The summed E-state index contributed by atoms with van der Waals surface area (Å²) in [6, 6.07) is 7.31. The molecule has 1 aromatic carbocycles. The Morgan fingerprint density at radius 1 is 1.19 bits per heavy atom. The predicted octanol–water partition coefficient (Wildman–Crippen LogP) is 7.29. The number of pyridine rings is 1. The van der Waals surface area contributed by atoms with E-state index in [2.05, 4.69) is 21.6 Å². The van der Waals surface area contributed by atoms with Gasteiger partial charge in [0.2, 0.25) is 0 Å². The van der Waals surface area contributed by atoms with Gasteiger partial charge in [-0.2, -0.15) is 11.8 Å². The van der Waals surface area contributed by atoms with Crippen LogP contribution in [0.4, 0.5) is 4.39 Å². The number of carboxylic acid groups (broad SMARTS) is 1. The van der Waals surface area contributed by atoms with Crippen molar-refractivity contribution >= 4 is 28.6 Å². The molecule has 1 N–H and O–H groups in total. The lowest BCUT2D eigenvalue weighted by Crippen LogP contribution is -2.42. The molecule has 3 atom stereocenters. The first kappa shape index (κ1) is 28.2. The second-order valence-electron chi connectivity index (χ2n) is 10.9. The first-order chi connectivity index (χ1) is 18.0. The van der Waals surface area contributed by atoms with Crippen molar-refractivity contribution in [2.75, 3.05) is 32.5 Å². The number of aliphatic carboxylic acids is 1. The minimum atomic E-state index is -1.11. The highest BCUT2D eigenvalue weighted by Gasteiger charge is 2.31. The van der Waals surface area contributed by atoms with E-state index in [4.69, 9.17) is 4.74 Å². The Hall–Kier alpha value is -1.86.